The number of aliphatic hydroxyl groups is 2. The molecule has 1 atom stereocenters. The fraction of sp³-hybridized carbons (Fsp3) is 0.350. The molecule has 1 fully saturated rings. The summed E-state index contributed by atoms with van der Waals surface area (Å²) in [5, 5.41) is 24.2. The number of rotatable bonds is 5. The Morgan fingerprint density at radius 3 is 2.50 bits per heavy atom. The third-order valence-electron chi connectivity index (χ3n) is 4.70. The summed E-state index contributed by atoms with van der Waals surface area (Å²) in [7, 11) is 0. The summed E-state index contributed by atoms with van der Waals surface area (Å²) in [6.45, 7) is 4.17. The van der Waals surface area contributed by atoms with Gasteiger partial charge < -0.3 is 19.8 Å². The molecule has 1 aromatic carbocycles. The van der Waals surface area contributed by atoms with Crippen LogP contribution in [0.15, 0.2) is 42.5 Å². The average molecular weight is 381 g/mol. The zero-order valence-electron chi connectivity index (χ0n) is 15.7. The third-order valence-corrected chi connectivity index (χ3v) is 4.70. The fourth-order valence-electron chi connectivity index (χ4n) is 3.19. The molecule has 28 heavy (non-hydrogen) atoms. The lowest BCUT2D eigenvalue weighted by atomic mass is 10.1. The second-order valence-electron chi connectivity index (χ2n) is 6.69. The van der Waals surface area contributed by atoms with Gasteiger partial charge in [-0.15, -0.1) is 0 Å². The van der Waals surface area contributed by atoms with E-state index in [9.17, 15) is 10.2 Å². The van der Waals surface area contributed by atoms with Crippen LogP contribution in [0.4, 0.5) is 5.82 Å². The van der Waals surface area contributed by atoms with Crippen molar-refractivity contribution in [2.75, 3.05) is 37.8 Å². The van der Waals surface area contributed by atoms with Gasteiger partial charge in [0.1, 0.15) is 11.9 Å². The molecule has 2 aromatic heterocycles. The molecule has 0 saturated carbocycles. The molecule has 0 unspecified atom stereocenters. The van der Waals surface area contributed by atoms with Gasteiger partial charge in [0, 0.05) is 30.4 Å². The Kier molecular flexibility index (Phi) is 5.34. The van der Waals surface area contributed by atoms with E-state index in [4.69, 9.17) is 9.84 Å². The SMILES string of the molecule is Cc1cc(-c2ccccc2)nn1-c1cc(N2CCOCC2)nc([C@@H](O)CO)n1. The van der Waals surface area contributed by atoms with Crippen molar-refractivity contribution < 1.29 is 14.9 Å². The van der Waals surface area contributed by atoms with Crippen LogP contribution in [0.25, 0.3) is 17.1 Å². The monoisotopic (exact) mass is 381 g/mol. The molecule has 0 spiro atoms. The number of aliphatic hydroxyl groups excluding tert-OH is 2. The van der Waals surface area contributed by atoms with E-state index in [1.165, 1.54) is 0 Å². The molecule has 1 aliphatic rings. The molecule has 0 aliphatic carbocycles. The summed E-state index contributed by atoms with van der Waals surface area (Å²) in [5.41, 5.74) is 2.77. The van der Waals surface area contributed by atoms with Gasteiger partial charge in [-0.25, -0.2) is 14.6 Å². The van der Waals surface area contributed by atoms with Gasteiger partial charge in [0.25, 0.3) is 0 Å². The molecule has 3 heterocycles. The van der Waals surface area contributed by atoms with Crippen molar-refractivity contribution in [1.82, 2.24) is 19.7 Å². The maximum Gasteiger partial charge on any atom is 0.164 e. The van der Waals surface area contributed by atoms with E-state index in [1.54, 1.807) is 4.68 Å². The second kappa shape index (κ2) is 8.05. The van der Waals surface area contributed by atoms with E-state index < -0.39 is 12.7 Å². The van der Waals surface area contributed by atoms with Gasteiger partial charge in [-0.1, -0.05) is 30.3 Å². The summed E-state index contributed by atoms with van der Waals surface area (Å²) in [6.07, 6.45) is -1.15. The van der Waals surface area contributed by atoms with Crippen LogP contribution in [-0.4, -0.2) is 62.9 Å². The molecule has 1 aliphatic heterocycles. The topological polar surface area (TPSA) is 96.5 Å². The molecule has 146 valence electrons. The van der Waals surface area contributed by atoms with Crippen LogP contribution < -0.4 is 4.90 Å². The van der Waals surface area contributed by atoms with Crippen LogP contribution in [0, 0.1) is 6.92 Å². The van der Waals surface area contributed by atoms with E-state index in [0.29, 0.717) is 37.9 Å². The van der Waals surface area contributed by atoms with Crippen molar-refractivity contribution in [2.45, 2.75) is 13.0 Å². The fourth-order valence-corrected chi connectivity index (χ4v) is 3.19. The molecule has 1 saturated heterocycles. The second-order valence-corrected chi connectivity index (χ2v) is 6.69. The van der Waals surface area contributed by atoms with E-state index >= 15 is 0 Å². The summed E-state index contributed by atoms with van der Waals surface area (Å²) in [6, 6.07) is 13.8. The molecule has 3 aromatic rings. The molecule has 0 amide bonds. The highest BCUT2D eigenvalue weighted by Crippen LogP contribution is 2.24. The number of anilines is 1. The van der Waals surface area contributed by atoms with E-state index in [1.807, 2.05) is 49.4 Å². The Labute approximate surface area is 163 Å². The molecule has 0 bridgehead atoms. The number of hydrogen-bond donors (Lipinski definition) is 2. The number of nitrogens with zero attached hydrogens (tertiary/aromatic N) is 5. The number of aromatic nitrogens is 4. The smallest absolute Gasteiger partial charge is 0.164 e. The first-order valence-corrected chi connectivity index (χ1v) is 9.29. The molecule has 8 nitrogen and oxygen atoms in total. The van der Waals surface area contributed by atoms with Crippen LogP contribution >= 0.6 is 0 Å². The first-order valence-electron chi connectivity index (χ1n) is 9.29. The molecule has 4 rings (SSSR count). The lowest BCUT2D eigenvalue weighted by Gasteiger charge is -2.28. The van der Waals surface area contributed by atoms with Gasteiger partial charge in [0.2, 0.25) is 0 Å². The minimum absolute atomic E-state index is 0.178. The standard InChI is InChI=1S/C20H23N5O3/c1-14-11-16(15-5-3-2-4-6-15)23-25(14)19-12-18(24-7-9-28-10-8-24)21-20(22-19)17(27)13-26/h2-6,11-12,17,26-27H,7-10,13H2,1H3/t17-/m0/s1. The van der Waals surface area contributed by atoms with E-state index in [2.05, 4.69) is 14.9 Å². The zero-order chi connectivity index (χ0) is 19.5. The molecule has 0 radical (unpaired) electrons. The predicted octanol–water partition coefficient (Wildman–Crippen LogP) is 1.50. The summed E-state index contributed by atoms with van der Waals surface area (Å²) in [4.78, 5) is 11.0. The number of morpholine rings is 1. The summed E-state index contributed by atoms with van der Waals surface area (Å²) >= 11 is 0. The first-order chi connectivity index (χ1) is 13.7. The quantitative estimate of drug-likeness (QED) is 0.691. The zero-order valence-corrected chi connectivity index (χ0v) is 15.7. The maximum absolute atomic E-state index is 10.1. The van der Waals surface area contributed by atoms with Crippen LogP contribution in [0.2, 0.25) is 0 Å². The van der Waals surface area contributed by atoms with Crippen LogP contribution in [0.3, 0.4) is 0 Å². The Morgan fingerprint density at radius 1 is 1.07 bits per heavy atom. The van der Waals surface area contributed by atoms with Crippen LogP contribution in [0.1, 0.15) is 17.6 Å². The van der Waals surface area contributed by atoms with Crippen LogP contribution in [0.5, 0.6) is 0 Å². The third kappa shape index (κ3) is 3.75. The predicted molar refractivity (Wildman–Crippen MR) is 104 cm³/mol. The van der Waals surface area contributed by atoms with Gasteiger partial charge in [0.15, 0.2) is 11.6 Å². The van der Waals surface area contributed by atoms with Gasteiger partial charge in [-0.05, 0) is 13.0 Å². The number of ether oxygens (including phenoxy) is 1. The Balaban J connectivity index is 1.77. The van der Waals surface area contributed by atoms with Gasteiger partial charge >= 0.3 is 0 Å². The van der Waals surface area contributed by atoms with E-state index in [-0.39, 0.29) is 5.82 Å². The van der Waals surface area contributed by atoms with Crippen molar-refractivity contribution in [1.29, 1.82) is 0 Å². The Morgan fingerprint density at radius 2 is 1.79 bits per heavy atom. The van der Waals surface area contributed by atoms with Crippen molar-refractivity contribution in [2.24, 2.45) is 0 Å². The number of hydrogen-bond acceptors (Lipinski definition) is 7. The summed E-state index contributed by atoms with van der Waals surface area (Å²) < 4.78 is 7.15. The minimum Gasteiger partial charge on any atom is -0.393 e. The number of benzene rings is 1. The van der Waals surface area contributed by atoms with Crippen molar-refractivity contribution in [3.8, 4) is 17.1 Å². The normalized spacial score (nSPS) is 15.6. The lowest BCUT2D eigenvalue weighted by molar-refractivity contribution is 0.0884. The Bertz CT molecular complexity index is 938. The average Bonchev–Trinajstić information content (AvgIpc) is 3.16. The molecule has 8 heteroatoms. The summed E-state index contributed by atoms with van der Waals surface area (Å²) in [5.74, 6) is 1.42. The van der Waals surface area contributed by atoms with Gasteiger partial charge in [-0.3, -0.25) is 0 Å². The molecular weight excluding hydrogens is 358 g/mol. The molecule has 2 N–H and O–H groups in total. The van der Waals surface area contributed by atoms with E-state index in [0.717, 1.165) is 17.0 Å². The Hall–Kier alpha value is -2.81. The van der Waals surface area contributed by atoms with Crippen molar-refractivity contribution in [3.05, 3.63) is 54.0 Å². The minimum atomic E-state index is -1.15. The highest BCUT2D eigenvalue weighted by molar-refractivity contribution is 5.60. The highest BCUT2D eigenvalue weighted by Gasteiger charge is 2.20. The lowest BCUT2D eigenvalue weighted by Crippen LogP contribution is -2.37. The molecular formula is C20H23N5O3. The van der Waals surface area contributed by atoms with Crippen molar-refractivity contribution in [3.63, 3.8) is 0 Å². The van der Waals surface area contributed by atoms with Crippen LogP contribution in [-0.2, 0) is 4.74 Å². The van der Waals surface area contributed by atoms with Crippen molar-refractivity contribution >= 4 is 5.82 Å². The highest BCUT2D eigenvalue weighted by atomic mass is 16.5. The number of aryl methyl sites for hydroxylation is 1. The first kappa shape index (κ1) is 18.5. The maximum atomic E-state index is 10.1. The van der Waals surface area contributed by atoms with Gasteiger partial charge in [0.05, 0.1) is 25.5 Å². The largest absolute Gasteiger partial charge is 0.393 e. The van der Waals surface area contributed by atoms with Gasteiger partial charge in [-0.2, -0.15) is 5.10 Å².